The van der Waals surface area contributed by atoms with Gasteiger partial charge in [0.2, 0.25) is 0 Å². The maximum absolute atomic E-state index is 12.5. The number of para-hydroxylation sites is 1. The van der Waals surface area contributed by atoms with E-state index in [-0.39, 0.29) is 17.0 Å². The first-order chi connectivity index (χ1) is 10.6. The van der Waals surface area contributed by atoms with Gasteiger partial charge >= 0.3 is 0 Å². The van der Waals surface area contributed by atoms with E-state index in [2.05, 4.69) is 12.2 Å². The summed E-state index contributed by atoms with van der Waals surface area (Å²) in [6.45, 7) is 2.15. The van der Waals surface area contributed by atoms with Crippen molar-refractivity contribution in [1.29, 1.82) is 0 Å². The van der Waals surface area contributed by atoms with Gasteiger partial charge in [-0.2, -0.15) is 0 Å². The van der Waals surface area contributed by atoms with E-state index in [1.54, 1.807) is 17.7 Å². The van der Waals surface area contributed by atoms with Crippen molar-refractivity contribution >= 4 is 11.6 Å². The summed E-state index contributed by atoms with van der Waals surface area (Å²) in [7, 11) is 1.76. The Kier molecular flexibility index (Phi) is 3.84. The summed E-state index contributed by atoms with van der Waals surface area (Å²) >= 11 is 0. The van der Waals surface area contributed by atoms with Crippen LogP contribution in [0, 0.1) is 0 Å². The summed E-state index contributed by atoms with van der Waals surface area (Å²) in [5, 5.41) is 2.80. The zero-order chi connectivity index (χ0) is 15.7. The third kappa shape index (κ3) is 2.56. The average Bonchev–Trinajstić information content (AvgIpc) is 2.52. The molecular weight excluding hydrogens is 276 g/mol. The molecule has 1 heterocycles. The molecule has 0 unspecified atom stereocenters. The number of pyridine rings is 1. The molecule has 0 fully saturated rings. The molecule has 0 saturated carbocycles. The first kappa shape index (κ1) is 14.6. The Hall–Kier alpha value is -2.36. The van der Waals surface area contributed by atoms with Crippen LogP contribution < -0.4 is 10.9 Å². The van der Waals surface area contributed by atoms with Crippen LogP contribution in [0.25, 0.3) is 0 Å². The molecule has 0 saturated heterocycles. The minimum absolute atomic E-state index is 0.221. The molecule has 1 aliphatic rings. The molecule has 22 heavy (non-hydrogen) atoms. The molecular formula is C18H20N2O2. The number of hydrogen-bond donors (Lipinski definition) is 1. The molecule has 1 aromatic heterocycles. The van der Waals surface area contributed by atoms with Crippen LogP contribution in [-0.2, 0) is 13.5 Å². The third-order valence-corrected chi connectivity index (χ3v) is 4.43. The largest absolute Gasteiger partial charge is 0.322 e. The van der Waals surface area contributed by atoms with Crippen molar-refractivity contribution in [2.24, 2.45) is 7.05 Å². The molecule has 0 aliphatic heterocycles. The lowest BCUT2D eigenvalue weighted by atomic mass is 9.86. The van der Waals surface area contributed by atoms with E-state index in [4.69, 9.17) is 0 Å². The smallest absolute Gasteiger partial charge is 0.263 e. The van der Waals surface area contributed by atoms with Crippen LogP contribution >= 0.6 is 0 Å². The second kappa shape index (κ2) is 5.79. The molecule has 0 radical (unpaired) electrons. The Balaban J connectivity index is 2.00. The number of hydrogen-bond acceptors (Lipinski definition) is 2. The molecule has 1 aliphatic carbocycles. The summed E-state index contributed by atoms with van der Waals surface area (Å²) in [5.74, 6) is 0.0474. The third-order valence-electron chi connectivity index (χ3n) is 4.43. The number of nitrogens with zero attached hydrogens (tertiary/aromatic N) is 1. The fourth-order valence-corrected chi connectivity index (χ4v) is 3.15. The van der Waals surface area contributed by atoms with E-state index in [9.17, 15) is 9.59 Å². The highest BCUT2D eigenvalue weighted by Crippen LogP contribution is 2.30. The fraction of sp³-hybridized carbons (Fsp3) is 0.333. The Morgan fingerprint density at radius 1 is 1.27 bits per heavy atom. The van der Waals surface area contributed by atoms with Gasteiger partial charge in [0, 0.05) is 18.4 Å². The normalized spacial score (nSPS) is 16.9. The number of benzene rings is 1. The van der Waals surface area contributed by atoms with Crippen molar-refractivity contribution < 1.29 is 4.79 Å². The second-order valence-electron chi connectivity index (χ2n) is 5.94. The lowest BCUT2D eigenvalue weighted by Crippen LogP contribution is -2.32. The molecule has 1 atom stereocenters. The van der Waals surface area contributed by atoms with E-state index >= 15 is 0 Å². The van der Waals surface area contributed by atoms with Gasteiger partial charge in [0.1, 0.15) is 5.56 Å². The van der Waals surface area contributed by atoms with Crippen molar-refractivity contribution in [3.8, 4) is 0 Å². The Bertz CT molecular complexity index is 763. The lowest BCUT2D eigenvalue weighted by Gasteiger charge is -2.25. The van der Waals surface area contributed by atoms with Gasteiger partial charge in [-0.25, -0.2) is 0 Å². The van der Waals surface area contributed by atoms with E-state index in [1.165, 1.54) is 0 Å². The predicted molar refractivity (Wildman–Crippen MR) is 87.4 cm³/mol. The van der Waals surface area contributed by atoms with Crippen LogP contribution in [-0.4, -0.2) is 10.5 Å². The molecule has 1 aromatic carbocycles. The minimum Gasteiger partial charge on any atom is -0.322 e. The van der Waals surface area contributed by atoms with E-state index in [0.717, 1.165) is 30.5 Å². The topological polar surface area (TPSA) is 51.1 Å². The maximum atomic E-state index is 12.5. The van der Waals surface area contributed by atoms with Crippen molar-refractivity contribution in [1.82, 2.24) is 4.57 Å². The standard InChI is InChI=1S/C18H20N2O2/c1-12-7-6-10-16-14(12)11-15(18(22)20(16)2)17(21)19-13-8-4-3-5-9-13/h3-5,8-9,11-12H,6-7,10H2,1-2H3,(H,19,21)/t12-/m0/s1. The van der Waals surface area contributed by atoms with Gasteiger partial charge in [0.25, 0.3) is 11.5 Å². The fourth-order valence-electron chi connectivity index (χ4n) is 3.15. The van der Waals surface area contributed by atoms with Crippen LogP contribution in [0.15, 0.2) is 41.2 Å². The van der Waals surface area contributed by atoms with E-state index < -0.39 is 0 Å². The quantitative estimate of drug-likeness (QED) is 0.926. The van der Waals surface area contributed by atoms with Gasteiger partial charge in [0.05, 0.1) is 0 Å². The van der Waals surface area contributed by atoms with Gasteiger partial charge in [-0.3, -0.25) is 9.59 Å². The summed E-state index contributed by atoms with van der Waals surface area (Å²) in [6, 6.07) is 11.0. The monoisotopic (exact) mass is 296 g/mol. The Morgan fingerprint density at radius 3 is 2.73 bits per heavy atom. The summed E-state index contributed by atoms with van der Waals surface area (Å²) < 4.78 is 1.64. The second-order valence-corrected chi connectivity index (χ2v) is 5.94. The van der Waals surface area contributed by atoms with E-state index in [0.29, 0.717) is 11.6 Å². The number of carbonyl (C=O) groups excluding carboxylic acids is 1. The number of nitrogens with one attached hydrogen (secondary N) is 1. The average molecular weight is 296 g/mol. The van der Waals surface area contributed by atoms with Crippen LogP contribution in [0.5, 0.6) is 0 Å². The highest BCUT2D eigenvalue weighted by molar-refractivity contribution is 6.04. The maximum Gasteiger partial charge on any atom is 0.263 e. The molecule has 0 bridgehead atoms. The number of carbonyl (C=O) groups is 1. The van der Waals surface area contributed by atoms with Gasteiger partial charge < -0.3 is 9.88 Å². The highest BCUT2D eigenvalue weighted by Gasteiger charge is 2.23. The summed E-state index contributed by atoms with van der Waals surface area (Å²) in [5.41, 5.74) is 2.90. The molecule has 114 valence electrons. The van der Waals surface area contributed by atoms with Crippen molar-refractivity contribution in [3.63, 3.8) is 0 Å². The number of rotatable bonds is 2. The Morgan fingerprint density at radius 2 is 2.00 bits per heavy atom. The minimum atomic E-state index is -0.340. The first-order valence-electron chi connectivity index (χ1n) is 7.67. The SMILES string of the molecule is C[C@H]1CCCc2c1cc(C(=O)Nc1ccccc1)c(=O)n2C. The Labute approximate surface area is 129 Å². The molecule has 0 spiro atoms. The molecule has 2 aromatic rings. The number of amides is 1. The van der Waals surface area contributed by atoms with Gasteiger partial charge in [-0.05, 0) is 48.9 Å². The molecule has 4 nitrogen and oxygen atoms in total. The summed E-state index contributed by atoms with van der Waals surface area (Å²) in [6.07, 6.45) is 3.11. The molecule has 1 amide bonds. The zero-order valence-corrected chi connectivity index (χ0v) is 12.9. The predicted octanol–water partition coefficient (Wildman–Crippen LogP) is 3.08. The van der Waals surface area contributed by atoms with Crippen molar-refractivity contribution in [2.75, 3.05) is 5.32 Å². The first-order valence-corrected chi connectivity index (χ1v) is 7.67. The number of anilines is 1. The highest BCUT2D eigenvalue weighted by atomic mass is 16.2. The van der Waals surface area contributed by atoms with Crippen LogP contribution in [0.2, 0.25) is 0 Å². The summed E-state index contributed by atoms with van der Waals surface area (Å²) in [4.78, 5) is 24.9. The van der Waals surface area contributed by atoms with Gasteiger partial charge in [0.15, 0.2) is 0 Å². The van der Waals surface area contributed by atoms with Crippen molar-refractivity contribution in [2.45, 2.75) is 32.1 Å². The number of fused-ring (bicyclic) bond motifs is 1. The molecule has 3 rings (SSSR count). The molecule has 4 heteroatoms. The van der Waals surface area contributed by atoms with Crippen LogP contribution in [0.1, 0.15) is 47.3 Å². The van der Waals surface area contributed by atoms with E-state index in [1.807, 2.05) is 30.3 Å². The zero-order valence-electron chi connectivity index (χ0n) is 12.9. The van der Waals surface area contributed by atoms with Gasteiger partial charge in [-0.15, -0.1) is 0 Å². The lowest BCUT2D eigenvalue weighted by molar-refractivity contribution is 0.102. The van der Waals surface area contributed by atoms with Gasteiger partial charge in [-0.1, -0.05) is 25.1 Å². The van der Waals surface area contributed by atoms with Crippen LogP contribution in [0.3, 0.4) is 0 Å². The van der Waals surface area contributed by atoms with Crippen molar-refractivity contribution in [3.05, 3.63) is 63.6 Å². The molecule has 1 N–H and O–H groups in total. The number of aromatic nitrogens is 1. The van der Waals surface area contributed by atoms with Crippen LogP contribution in [0.4, 0.5) is 5.69 Å².